The van der Waals surface area contributed by atoms with Crippen molar-refractivity contribution in [3.63, 3.8) is 0 Å². The van der Waals surface area contributed by atoms with Gasteiger partial charge in [-0.05, 0) is 24.7 Å². The molecule has 3 heteroatoms. The molecular weight excluding hydrogens is 224 g/mol. The van der Waals surface area contributed by atoms with Crippen LogP contribution in [-0.2, 0) is 4.79 Å². The van der Waals surface area contributed by atoms with E-state index in [2.05, 4.69) is 31.0 Å². The minimum Gasteiger partial charge on any atom is -0.326 e. The molecule has 2 aliphatic rings. The Bertz CT molecular complexity index is 292. The quantitative estimate of drug-likeness (QED) is 0.834. The van der Waals surface area contributed by atoms with Crippen molar-refractivity contribution >= 4 is 5.91 Å². The average Bonchev–Trinajstić information content (AvgIpc) is 2.80. The van der Waals surface area contributed by atoms with Crippen LogP contribution in [0, 0.1) is 11.8 Å². The number of amides is 1. The summed E-state index contributed by atoms with van der Waals surface area (Å²) >= 11 is 0. The van der Waals surface area contributed by atoms with Crippen LogP contribution in [0.4, 0.5) is 0 Å². The Morgan fingerprint density at radius 1 is 1.39 bits per heavy atom. The van der Waals surface area contributed by atoms with Gasteiger partial charge in [0.15, 0.2) is 0 Å². The van der Waals surface area contributed by atoms with Crippen molar-refractivity contribution in [3.05, 3.63) is 0 Å². The number of carbonyl (C=O) groups excluding carboxylic acids is 1. The number of hydrogen-bond acceptors (Lipinski definition) is 2. The second-order valence-corrected chi connectivity index (χ2v) is 6.13. The maximum Gasteiger partial charge on any atom is 0.241 e. The number of nitrogens with one attached hydrogen (secondary N) is 1. The molecule has 1 amide bonds. The number of rotatable bonds is 4. The molecule has 0 radical (unpaired) electrons. The molecule has 4 atom stereocenters. The molecule has 104 valence electrons. The van der Waals surface area contributed by atoms with E-state index in [1.165, 1.54) is 32.1 Å². The van der Waals surface area contributed by atoms with Gasteiger partial charge < -0.3 is 4.90 Å². The fourth-order valence-electron chi connectivity index (χ4n) is 3.45. The highest BCUT2D eigenvalue weighted by Crippen LogP contribution is 2.31. The average molecular weight is 252 g/mol. The molecule has 0 aromatic rings. The smallest absolute Gasteiger partial charge is 0.241 e. The van der Waals surface area contributed by atoms with E-state index in [9.17, 15) is 4.79 Å². The van der Waals surface area contributed by atoms with Gasteiger partial charge in [-0.15, -0.1) is 0 Å². The first kappa shape index (κ1) is 13.9. The summed E-state index contributed by atoms with van der Waals surface area (Å²) in [6, 6.07) is 0.565. The lowest BCUT2D eigenvalue weighted by atomic mass is 9.83. The van der Waals surface area contributed by atoms with Crippen molar-refractivity contribution < 1.29 is 4.79 Å². The molecule has 0 bridgehead atoms. The van der Waals surface area contributed by atoms with E-state index in [0.29, 0.717) is 17.9 Å². The van der Waals surface area contributed by atoms with Crippen LogP contribution in [0.5, 0.6) is 0 Å². The Balaban J connectivity index is 1.96. The van der Waals surface area contributed by atoms with Crippen molar-refractivity contribution in [1.29, 1.82) is 0 Å². The summed E-state index contributed by atoms with van der Waals surface area (Å²) in [6.45, 7) is 7.39. The Morgan fingerprint density at radius 2 is 2.17 bits per heavy atom. The Morgan fingerprint density at radius 3 is 2.83 bits per heavy atom. The normalized spacial score (nSPS) is 34.9. The molecule has 3 nitrogen and oxygen atoms in total. The van der Waals surface area contributed by atoms with Gasteiger partial charge in [0.05, 0.1) is 12.7 Å². The maximum atomic E-state index is 12.5. The van der Waals surface area contributed by atoms with Gasteiger partial charge in [0.25, 0.3) is 0 Å². The third kappa shape index (κ3) is 2.71. The summed E-state index contributed by atoms with van der Waals surface area (Å²) in [6.07, 6.45) is 7.41. The van der Waals surface area contributed by atoms with Crippen LogP contribution in [0.2, 0.25) is 0 Å². The third-order valence-corrected chi connectivity index (χ3v) is 5.02. The van der Waals surface area contributed by atoms with Crippen molar-refractivity contribution in [2.45, 2.75) is 71.4 Å². The molecule has 4 unspecified atom stereocenters. The predicted molar refractivity (Wildman–Crippen MR) is 74.1 cm³/mol. The summed E-state index contributed by atoms with van der Waals surface area (Å²) in [4.78, 5) is 14.6. The van der Waals surface area contributed by atoms with Gasteiger partial charge in [-0.25, -0.2) is 0 Å². The lowest BCUT2D eigenvalue weighted by molar-refractivity contribution is -0.132. The Hall–Kier alpha value is -0.570. The molecule has 2 rings (SSSR count). The highest BCUT2D eigenvalue weighted by molar-refractivity contribution is 5.84. The fourth-order valence-corrected chi connectivity index (χ4v) is 3.45. The molecule has 0 spiro atoms. The van der Waals surface area contributed by atoms with Gasteiger partial charge >= 0.3 is 0 Å². The first-order valence-electron chi connectivity index (χ1n) is 7.71. The van der Waals surface area contributed by atoms with E-state index in [0.717, 1.165) is 19.0 Å². The van der Waals surface area contributed by atoms with Crippen molar-refractivity contribution in [3.8, 4) is 0 Å². The summed E-state index contributed by atoms with van der Waals surface area (Å²) in [5, 5.41) is 3.41. The fraction of sp³-hybridized carbons (Fsp3) is 0.933. The monoisotopic (exact) mass is 252 g/mol. The molecule has 2 fully saturated rings. The molecule has 1 heterocycles. The number of hydrogen-bond donors (Lipinski definition) is 1. The number of nitrogens with zero attached hydrogens (tertiary/aromatic N) is 1. The predicted octanol–water partition coefficient (Wildman–Crippen LogP) is 2.76. The highest BCUT2D eigenvalue weighted by Gasteiger charge is 2.38. The van der Waals surface area contributed by atoms with Gasteiger partial charge in [-0.2, -0.15) is 0 Å². The second kappa shape index (κ2) is 6.05. The topological polar surface area (TPSA) is 32.3 Å². The van der Waals surface area contributed by atoms with E-state index in [1.807, 2.05) is 0 Å². The van der Waals surface area contributed by atoms with Gasteiger partial charge in [-0.1, -0.05) is 46.5 Å². The first-order chi connectivity index (χ1) is 8.67. The van der Waals surface area contributed by atoms with Crippen LogP contribution < -0.4 is 5.32 Å². The van der Waals surface area contributed by atoms with Gasteiger partial charge in [0.1, 0.15) is 0 Å². The minimum absolute atomic E-state index is 0.0667. The largest absolute Gasteiger partial charge is 0.326 e. The van der Waals surface area contributed by atoms with Gasteiger partial charge in [-0.3, -0.25) is 10.1 Å². The van der Waals surface area contributed by atoms with Crippen molar-refractivity contribution in [2.24, 2.45) is 11.8 Å². The van der Waals surface area contributed by atoms with Crippen molar-refractivity contribution in [2.75, 3.05) is 6.67 Å². The zero-order valence-electron chi connectivity index (χ0n) is 12.1. The zero-order chi connectivity index (χ0) is 13.1. The molecule has 1 saturated heterocycles. The van der Waals surface area contributed by atoms with Crippen LogP contribution in [0.1, 0.15) is 59.3 Å². The maximum absolute atomic E-state index is 12.5. The lowest BCUT2D eigenvalue weighted by Crippen LogP contribution is -2.42. The SMILES string of the molecule is CCC1CCCC(N2CNC(C(C)CC)C2=O)C1. The zero-order valence-corrected chi connectivity index (χ0v) is 12.1. The molecule has 1 aliphatic carbocycles. The molecular formula is C15H28N2O. The molecule has 1 saturated carbocycles. The van der Waals surface area contributed by atoms with Crippen LogP contribution in [0.25, 0.3) is 0 Å². The van der Waals surface area contributed by atoms with E-state index in [4.69, 9.17) is 0 Å². The van der Waals surface area contributed by atoms with Crippen molar-refractivity contribution in [1.82, 2.24) is 10.2 Å². The van der Waals surface area contributed by atoms with Gasteiger partial charge in [0, 0.05) is 6.04 Å². The van der Waals surface area contributed by atoms with Gasteiger partial charge in [0.2, 0.25) is 5.91 Å². The summed E-state index contributed by atoms with van der Waals surface area (Å²) in [5.74, 6) is 1.64. The Labute approximate surface area is 111 Å². The summed E-state index contributed by atoms with van der Waals surface area (Å²) in [7, 11) is 0. The molecule has 18 heavy (non-hydrogen) atoms. The van der Waals surface area contributed by atoms with Crippen LogP contribution >= 0.6 is 0 Å². The van der Waals surface area contributed by atoms with E-state index >= 15 is 0 Å². The number of carbonyl (C=O) groups is 1. The first-order valence-corrected chi connectivity index (χ1v) is 7.71. The minimum atomic E-state index is 0.0667. The lowest BCUT2D eigenvalue weighted by Gasteiger charge is -2.34. The van der Waals surface area contributed by atoms with Crippen LogP contribution in [-0.4, -0.2) is 29.6 Å². The standard InChI is InChI=1S/C15H28N2O/c1-4-11(3)14-15(18)17(10-16-14)13-8-6-7-12(5-2)9-13/h11-14,16H,4-10H2,1-3H3. The summed E-state index contributed by atoms with van der Waals surface area (Å²) < 4.78 is 0. The van der Waals surface area contributed by atoms with E-state index in [-0.39, 0.29) is 6.04 Å². The molecule has 1 N–H and O–H groups in total. The van der Waals surface area contributed by atoms with E-state index < -0.39 is 0 Å². The van der Waals surface area contributed by atoms with Crippen LogP contribution in [0.3, 0.4) is 0 Å². The van der Waals surface area contributed by atoms with E-state index in [1.54, 1.807) is 0 Å². The van der Waals surface area contributed by atoms with Crippen LogP contribution in [0.15, 0.2) is 0 Å². The molecule has 1 aliphatic heterocycles. The third-order valence-electron chi connectivity index (χ3n) is 5.02. The molecule has 0 aromatic carbocycles. The summed E-state index contributed by atoms with van der Waals surface area (Å²) in [5.41, 5.74) is 0. The highest BCUT2D eigenvalue weighted by atomic mass is 16.2. The Kier molecular flexibility index (Phi) is 4.66. The second-order valence-electron chi connectivity index (χ2n) is 6.13. The molecule has 0 aromatic heterocycles.